The maximum Gasteiger partial charge on any atom is 0.255 e. The molecule has 0 spiro atoms. The lowest BCUT2D eigenvalue weighted by molar-refractivity contribution is 0.102. The molecule has 33 heavy (non-hydrogen) atoms. The van der Waals surface area contributed by atoms with Crippen molar-refractivity contribution in [2.45, 2.75) is 43.5 Å². The Morgan fingerprint density at radius 2 is 1.88 bits per heavy atom. The summed E-state index contributed by atoms with van der Waals surface area (Å²) < 4.78 is 34.0. The molecule has 1 heterocycles. The Hall–Kier alpha value is -3.30. The highest BCUT2D eigenvalue weighted by Gasteiger charge is 2.26. The molecule has 1 saturated carbocycles. The Kier molecular flexibility index (Phi) is 6.71. The fourth-order valence-electron chi connectivity index (χ4n) is 3.93. The third kappa shape index (κ3) is 5.37. The van der Waals surface area contributed by atoms with Gasteiger partial charge < -0.3 is 10.1 Å². The monoisotopic (exact) mass is 466 g/mol. The molecule has 0 aliphatic heterocycles. The van der Waals surface area contributed by atoms with E-state index in [0.29, 0.717) is 11.5 Å². The molecule has 0 bridgehead atoms. The smallest absolute Gasteiger partial charge is 0.255 e. The Labute approximate surface area is 193 Å². The minimum absolute atomic E-state index is 0.0465. The van der Waals surface area contributed by atoms with Crippen molar-refractivity contribution in [1.29, 1.82) is 0 Å². The second kappa shape index (κ2) is 9.68. The highest BCUT2D eigenvalue weighted by atomic mass is 32.2. The first-order chi connectivity index (χ1) is 15.9. The summed E-state index contributed by atoms with van der Waals surface area (Å²) in [5, 5.41) is 2.83. The molecular formula is C24H26N4O4S. The van der Waals surface area contributed by atoms with Crippen LogP contribution in [0, 0.1) is 6.92 Å². The predicted molar refractivity (Wildman–Crippen MR) is 126 cm³/mol. The molecule has 9 heteroatoms. The minimum atomic E-state index is -3.83. The van der Waals surface area contributed by atoms with E-state index in [0.717, 1.165) is 36.9 Å². The van der Waals surface area contributed by atoms with Crippen molar-refractivity contribution < 1.29 is 17.9 Å². The van der Waals surface area contributed by atoms with Crippen molar-refractivity contribution >= 4 is 21.6 Å². The number of hydrogen-bond donors (Lipinski definition) is 2. The molecule has 1 fully saturated rings. The van der Waals surface area contributed by atoms with Crippen LogP contribution in [-0.2, 0) is 10.0 Å². The van der Waals surface area contributed by atoms with E-state index in [4.69, 9.17) is 4.74 Å². The summed E-state index contributed by atoms with van der Waals surface area (Å²) in [5.74, 6) is 0.421. The summed E-state index contributed by atoms with van der Waals surface area (Å²) in [6.07, 6.45) is 5.30. The van der Waals surface area contributed by atoms with Gasteiger partial charge in [0.2, 0.25) is 10.0 Å². The SMILES string of the molecule is COc1ccc(C(=O)Nc2cccc(-c3ccnc(C)n3)c2)cc1S(=O)(=O)NC1CCCC1. The third-order valence-corrected chi connectivity index (χ3v) is 7.13. The van der Waals surface area contributed by atoms with Gasteiger partial charge in [-0.1, -0.05) is 25.0 Å². The number of ether oxygens (including phenoxy) is 1. The molecule has 0 saturated heterocycles. The predicted octanol–water partition coefficient (Wildman–Crippen LogP) is 3.93. The molecule has 1 aliphatic rings. The lowest BCUT2D eigenvalue weighted by Crippen LogP contribution is -2.33. The average molecular weight is 467 g/mol. The van der Waals surface area contributed by atoms with E-state index < -0.39 is 15.9 Å². The zero-order valence-electron chi connectivity index (χ0n) is 18.5. The van der Waals surface area contributed by atoms with E-state index in [1.54, 1.807) is 24.4 Å². The van der Waals surface area contributed by atoms with Gasteiger partial charge in [0, 0.05) is 29.1 Å². The number of nitrogens with zero attached hydrogens (tertiary/aromatic N) is 2. The third-order valence-electron chi connectivity index (χ3n) is 5.58. The Bertz CT molecular complexity index is 1270. The lowest BCUT2D eigenvalue weighted by atomic mass is 10.1. The summed E-state index contributed by atoms with van der Waals surface area (Å²) in [5.41, 5.74) is 2.36. The van der Waals surface area contributed by atoms with Gasteiger partial charge in [-0.2, -0.15) is 0 Å². The van der Waals surface area contributed by atoms with Gasteiger partial charge in [0.1, 0.15) is 16.5 Å². The summed E-state index contributed by atoms with van der Waals surface area (Å²) in [7, 11) is -2.42. The Balaban J connectivity index is 1.58. The number of anilines is 1. The highest BCUT2D eigenvalue weighted by Crippen LogP contribution is 2.28. The summed E-state index contributed by atoms with van der Waals surface area (Å²) >= 11 is 0. The van der Waals surface area contributed by atoms with Gasteiger partial charge >= 0.3 is 0 Å². The van der Waals surface area contributed by atoms with Crippen LogP contribution in [0.2, 0.25) is 0 Å². The number of nitrogens with one attached hydrogen (secondary N) is 2. The molecule has 2 N–H and O–H groups in total. The van der Waals surface area contributed by atoms with Crippen LogP contribution in [0.4, 0.5) is 5.69 Å². The van der Waals surface area contributed by atoms with Crippen LogP contribution in [-0.4, -0.2) is 37.4 Å². The molecule has 172 valence electrons. The first kappa shape index (κ1) is 22.9. The number of sulfonamides is 1. The molecule has 1 aliphatic carbocycles. The zero-order valence-corrected chi connectivity index (χ0v) is 19.4. The van der Waals surface area contributed by atoms with E-state index in [2.05, 4.69) is 20.0 Å². The van der Waals surface area contributed by atoms with Crippen molar-refractivity contribution in [2.75, 3.05) is 12.4 Å². The average Bonchev–Trinajstić information content (AvgIpc) is 3.31. The molecule has 2 aromatic carbocycles. The first-order valence-corrected chi connectivity index (χ1v) is 12.3. The van der Waals surface area contributed by atoms with Gasteiger partial charge in [0.25, 0.3) is 5.91 Å². The summed E-state index contributed by atoms with van der Waals surface area (Å²) in [4.78, 5) is 21.4. The fraction of sp³-hybridized carbons (Fsp3) is 0.292. The second-order valence-corrected chi connectivity index (χ2v) is 9.67. The number of hydrogen-bond acceptors (Lipinski definition) is 6. The Morgan fingerprint density at radius 3 is 2.61 bits per heavy atom. The van der Waals surface area contributed by atoms with Gasteiger partial charge in [0.15, 0.2) is 0 Å². The van der Waals surface area contributed by atoms with Crippen LogP contribution in [0.3, 0.4) is 0 Å². The van der Waals surface area contributed by atoms with Crippen molar-refractivity contribution in [3.05, 3.63) is 66.1 Å². The van der Waals surface area contributed by atoms with Crippen LogP contribution in [0.5, 0.6) is 5.75 Å². The lowest BCUT2D eigenvalue weighted by Gasteiger charge is -2.16. The molecular weight excluding hydrogens is 440 g/mol. The van der Waals surface area contributed by atoms with E-state index in [1.807, 2.05) is 25.1 Å². The van der Waals surface area contributed by atoms with Crippen molar-refractivity contribution in [2.24, 2.45) is 0 Å². The number of rotatable bonds is 7. The summed E-state index contributed by atoms with van der Waals surface area (Å²) in [6.45, 7) is 1.81. The van der Waals surface area contributed by atoms with E-state index in [1.165, 1.54) is 19.2 Å². The number of methoxy groups -OCH3 is 1. The molecule has 0 atom stereocenters. The molecule has 1 amide bonds. The highest BCUT2D eigenvalue weighted by molar-refractivity contribution is 7.89. The van der Waals surface area contributed by atoms with Gasteiger partial charge in [-0.15, -0.1) is 0 Å². The summed E-state index contributed by atoms with van der Waals surface area (Å²) in [6, 6.07) is 13.4. The normalized spacial score (nSPS) is 14.2. The minimum Gasteiger partial charge on any atom is -0.495 e. The quantitative estimate of drug-likeness (QED) is 0.546. The van der Waals surface area contributed by atoms with Crippen molar-refractivity contribution in [3.8, 4) is 17.0 Å². The van der Waals surface area contributed by atoms with Gasteiger partial charge in [-0.25, -0.2) is 23.1 Å². The zero-order chi connectivity index (χ0) is 23.4. The number of amides is 1. The molecule has 4 rings (SSSR count). The number of carbonyl (C=O) groups is 1. The number of benzene rings is 2. The van der Waals surface area contributed by atoms with Crippen LogP contribution < -0.4 is 14.8 Å². The van der Waals surface area contributed by atoms with Crippen molar-refractivity contribution in [3.63, 3.8) is 0 Å². The molecule has 1 aromatic heterocycles. The maximum atomic E-state index is 13.0. The number of aromatic nitrogens is 2. The van der Waals surface area contributed by atoms with Gasteiger partial charge in [-0.05, 0) is 56.2 Å². The topological polar surface area (TPSA) is 110 Å². The van der Waals surface area contributed by atoms with E-state index in [-0.39, 0.29) is 22.3 Å². The van der Waals surface area contributed by atoms with Gasteiger partial charge in [0.05, 0.1) is 12.8 Å². The molecule has 3 aromatic rings. The van der Waals surface area contributed by atoms with Crippen molar-refractivity contribution in [1.82, 2.24) is 14.7 Å². The first-order valence-electron chi connectivity index (χ1n) is 10.8. The van der Waals surface area contributed by atoms with Crippen LogP contribution in [0.15, 0.2) is 59.6 Å². The van der Waals surface area contributed by atoms with Crippen LogP contribution in [0.1, 0.15) is 41.9 Å². The Morgan fingerprint density at radius 1 is 1.09 bits per heavy atom. The van der Waals surface area contributed by atoms with E-state index >= 15 is 0 Å². The van der Waals surface area contributed by atoms with E-state index in [9.17, 15) is 13.2 Å². The fourth-order valence-corrected chi connectivity index (χ4v) is 5.43. The molecule has 0 unspecified atom stereocenters. The standard InChI is InChI=1S/C24H26N4O4S/c1-16-25-13-12-21(26-16)17-6-5-9-20(14-17)27-24(29)18-10-11-22(32-2)23(15-18)33(30,31)28-19-7-3-4-8-19/h5-6,9-15,19,28H,3-4,7-8H2,1-2H3,(H,27,29). The second-order valence-electron chi connectivity index (χ2n) is 7.99. The van der Waals surface area contributed by atoms with Gasteiger partial charge in [-0.3, -0.25) is 4.79 Å². The maximum absolute atomic E-state index is 13.0. The number of carbonyl (C=O) groups excluding carboxylic acids is 1. The molecule has 8 nitrogen and oxygen atoms in total. The van der Waals surface area contributed by atoms with Crippen LogP contribution in [0.25, 0.3) is 11.3 Å². The largest absolute Gasteiger partial charge is 0.495 e. The molecule has 0 radical (unpaired) electrons. The number of aryl methyl sites for hydroxylation is 1. The van der Waals surface area contributed by atoms with Crippen LogP contribution >= 0.6 is 0 Å².